The van der Waals surface area contributed by atoms with Crippen molar-refractivity contribution in [2.45, 2.75) is 64.3 Å². The molecule has 25 heavy (non-hydrogen) atoms. The molecule has 4 heteroatoms. The molecule has 0 spiro atoms. The van der Waals surface area contributed by atoms with E-state index >= 15 is 0 Å². The highest BCUT2D eigenvalue weighted by atomic mass is 16.5. The van der Waals surface area contributed by atoms with Gasteiger partial charge in [0.2, 0.25) is 0 Å². The smallest absolute Gasteiger partial charge is 0.176 e. The lowest BCUT2D eigenvalue weighted by Crippen LogP contribution is -2.43. The number of fused-ring (bicyclic) bond motifs is 1. The minimum Gasteiger partial charge on any atom is -0.468 e. The number of benzene rings is 1. The van der Waals surface area contributed by atoms with Crippen LogP contribution in [0.25, 0.3) is 0 Å². The first-order valence-corrected chi connectivity index (χ1v) is 9.85. The van der Waals surface area contributed by atoms with Crippen LogP contribution in [-0.2, 0) is 4.74 Å². The van der Waals surface area contributed by atoms with Crippen molar-refractivity contribution in [1.82, 2.24) is 5.32 Å². The van der Waals surface area contributed by atoms with Crippen molar-refractivity contribution in [1.29, 1.82) is 0 Å². The fourth-order valence-corrected chi connectivity index (χ4v) is 3.96. The van der Waals surface area contributed by atoms with Gasteiger partial charge in [0.1, 0.15) is 5.75 Å². The third-order valence-electron chi connectivity index (χ3n) is 5.21. The summed E-state index contributed by atoms with van der Waals surface area (Å²) >= 11 is 0. The van der Waals surface area contributed by atoms with Crippen LogP contribution < -0.4 is 15.0 Å². The minimum atomic E-state index is 0.0998. The Morgan fingerprint density at radius 2 is 2.04 bits per heavy atom. The number of hydrogen-bond donors (Lipinski definition) is 1. The normalized spacial score (nSPS) is 26.0. The number of hydrogen-bond acceptors (Lipinski definition) is 4. The summed E-state index contributed by atoms with van der Waals surface area (Å²) in [5.74, 6) is 0.995. The van der Waals surface area contributed by atoms with E-state index in [9.17, 15) is 0 Å². The molecule has 2 aliphatic rings. The van der Waals surface area contributed by atoms with Gasteiger partial charge in [-0.25, -0.2) is 0 Å². The zero-order valence-electron chi connectivity index (χ0n) is 15.6. The lowest BCUT2D eigenvalue weighted by atomic mass is 9.92. The molecule has 4 nitrogen and oxygen atoms in total. The van der Waals surface area contributed by atoms with Gasteiger partial charge in [0, 0.05) is 19.0 Å². The number of anilines is 1. The molecule has 3 unspecified atom stereocenters. The molecule has 0 bridgehead atoms. The predicted molar refractivity (Wildman–Crippen MR) is 103 cm³/mol. The number of ether oxygens (including phenoxy) is 2. The molecule has 1 fully saturated rings. The number of likely N-dealkylation sites (N-methyl/N-ethyl adjacent to an activating group) is 1. The van der Waals surface area contributed by atoms with Gasteiger partial charge < -0.3 is 19.7 Å². The highest BCUT2D eigenvalue weighted by Gasteiger charge is 2.28. The van der Waals surface area contributed by atoms with Crippen molar-refractivity contribution < 1.29 is 9.47 Å². The van der Waals surface area contributed by atoms with Gasteiger partial charge in [-0.05, 0) is 38.4 Å². The van der Waals surface area contributed by atoms with Gasteiger partial charge in [0.05, 0.1) is 18.4 Å². The molecule has 0 radical (unpaired) electrons. The molecule has 3 atom stereocenters. The van der Waals surface area contributed by atoms with Crippen LogP contribution in [0.4, 0.5) is 5.69 Å². The number of nitrogens with one attached hydrogen (secondary N) is 1. The Hall–Kier alpha value is -1.52. The van der Waals surface area contributed by atoms with Gasteiger partial charge in [0.25, 0.3) is 0 Å². The first-order valence-electron chi connectivity index (χ1n) is 9.85. The zero-order chi connectivity index (χ0) is 17.5. The lowest BCUT2D eigenvalue weighted by Gasteiger charge is -2.31. The molecular weight excluding hydrogens is 312 g/mol. The van der Waals surface area contributed by atoms with E-state index in [1.807, 2.05) is 6.07 Å². The summed E-state index contributed by atoms with van der Waals surface area (Å²) < 4.78 is 12.2. The van der Waals surface area contributed by atoms with Gasteiger partial charge >= 0.3 is 0 Å². The van der Waals surface area contributed by atoms with E-state index < -0.39 is 0 Å². The monoisotopic (exact) mass is 344 g/mol. The molecule has 1 heterocycles. The molecular formula is C21H32N2O2. The first kappa shape index (κ1) is 18.3. The summed E-state index contributed by atoms with van der Waals surface area (Å²) in [5.41, 5.74) is 1.20. The van der Waals surface area contributed by atoms with Crippen molar-refractivity contribution in [3.8, 4) is 5.75 Å². The van der Waals surface area contributed by atoms with Crippen LogP contribution in [0, 0.1) is 0 Å². The highest BCUT2D eigenvalue weighted by molar-refractivity contribution is 5.62. The van der Waals surface area contributed by atoms with Crippen molar-refractivity contribution in [3.63, 3.8) is 0 Å². The Morgan fingerprint density at radius 3 is 2.88 bits per heavy atom. The predicted octanol–water partition coefficient (Wildman–Crippen LogP) is 4.12. The van der Waals surface area contributed by atoms with E-state index in [1.54, 1.807) is 0 Å². The summed E-state index contributed by atoms with van der Waals surface area (Å²) in [4.78, 5) is 2.32. The van der Waals surface area contributed by atoms with Gasteiger partial charge in [-0.2, -0.15) is 0 Å². The van der Waals surface area contributed by atoms with Gasteiger partial charge in [-0.1, -0.05) is 44.1 Å². The van der Waals surface area contributed by atoms with Crippen LogP contribution in [0.2, 0.25) is 0 Å². The summed E-state index contributed by atoms with van der Waals surface area (Å²) in [6, 6.07) is 8.81. The third-order valence-corrected chi connectivity index (χ3v) is 5.21. The van der Waals surface area contributed by atoms with Crippen LogP contribution >= 0.6 is 0 Å². The van der Waals surface area contributed by atoms with Crippen molar-refractivity contribution in [3.05, 3.63) is 36.4 Å². The van der Waals surface area contributed by atoms with E-state index in [2.05, 4.69) is 54.4 Å². The molecule has 0 saturated heterocycles. The Labute approximate surface area is 152 Å². The Kier molecular flexibility index (Phi) is 6.76. The molecule has 1 saturated carbocycles. The quantitative estimate of drug-likeness (QED) is 0.720. The van der Waals surface area contributed by atoms with Gasteiger partial charge in [-0.3, -0.25) is 0 Å². The van der Waals surface area contributed by atoms with Crippen molar-refractivity contribution >= 4 is 5.69 Å². The van der Waals surface area contributed by atoms with Crippen LogP contribution in [0.1, 0.15) is 46.0 Å². The standard InChI is InChI=1S/C21H32N2O2/c1-3-22-17-11-5-7-13-19(17)24-16-10-9-15-21-23(4-2)18-12-6-8-14-20(18)25-21/h6,8-10,12,14,17,19,21-22H,3-5,7,11,13,15-16H2,1-2H3. The molecule has 138 valence electrons. The largest absolute Gasteiger partial charge is 0.468 e. The zero-order valence-corrected chi connectivity index (χ0v) is 15.6. The molecule has 0 aromatic heterocycles. The van der Waals surface area contributed by atoms with Crippen molar-refractivity contribution in [2.24, 2.45) is 0 Å². The summed E-state index contributed by atoms with van der Waals surface area (Å²) in [5, 5.41) is 3.57. The SMILES string of the molecule is CCNC1CCCCC1OCC=CCC1Oc2ccccc2N1CC. The van der Waals surface area contributed by atoms with Crippen LogP contribution in [0.3, 0.4) is 0 Å². The minimum absolute atomic E-state index is 0.0998. The first-order chi connectivity index (χ1) is 12.3. The van der Waals surface area contributed by atoms with Gasteiger partial charge in [-0.15, -0.1) is 0 Å². The third kappa shape index (κ3) is 4.56. The van der Waals surface area contributed by atoms with E-state index in [0.29, 0.717) is 18.8 Å². The summed E-state index contributed by atoms with van der Waals surface area (Å²) in [6.45, 7) is 7.02. The van der Waals surface area contributed by atoms with Crippen molar-refractivity contribution in [2.75, 3.05) is 24.6 Å². The Balaban J connectivity index is 1.44. The number of nitrogens with zero attached hydrogens (tertiary/aromatic N) is 1. The maximum absolute atomic E-state index is 6.12. The Bertz CT molecular complexity index is 559. The average Bonchev–Trinajstić information content (AvgIpc) is 3.00. The lowest BCUT2D eigenvalue weighted by molar-refractivity contribution is 0.0212. The highest BCUT2D eigenvalue weighted by Crippen LogP contribution is 2.37. The average molecular weight is 344 g/mol. The second-order valence-corrected chi connectivity index (χ2v) is 6.85. The Morgan fingerprint density at radius 1 is 1.20 bits per heavy atom. The van der Waals surface area contributed by atoms with Crippen LogP contribution in [0.15, 0.2) is 36.4 Å². The number of para-hydroxylation sites is 2. The van der Waals surface area contributed by atoms with E-state index in [0.717, 1.165) is 25.3 Å². The maximum Gasteiger partial charge on any atom is 0.176 e. The molecule has 3 rings (SSSR count). The fourth-order valence-electron chi connectivity index (χ4n) is 3.96. The number of rotatable bonds is 8. The second kappa shape index (κ2) is 9.25. The van der Waals surface area contributed by atoms with E-state index in [4.69, 9.17) is 9.47 Å². The molecule has 0 amide bonds. The molecule has 1 aliphatic carbocycles. The summed E-state index contributed by atoms with van der Waals surface area (Å²) in [7, 11) is 0. The fraction of sp³-hybridized carbons (Fsp3) is 0.619. The molecule has 1 aromatic rings. The van der Waals surface area contributed by atoms with E-state index in [1.165, 1.54) is 31.4 Å². The van der Waals surface area contributed by atoms with Crippen LogP contribution in [-0.4, -0.2) is 38.1 Å². The van der Waals surface area contributed by atoms with Crippen LogP contribution in [0.5, 0.6) is 5.75 Å². The van der Waals surface area contributed by atoms with E-state index in [-0.39, 0.29) is 6.23 Å². The summed E-state index contributed by atoms with van der Waals surface area (Å²) in [6.07, 6.45) is 10.7. The topological polar surface area (TPSA) is 33.7 Å². The maximum atomic E-state index is 6.12. The molecule has 1 N–H and O–H groups in total. The molecule has 1 aliphatic heterocycles. The second-order valence-electron chi connectivity index (χ2n) is 6.85. The van der Waals surface area contributed by atoms with Gasteiger partial charge in [0.15, 0.2) is 6.23 Å². The molecule has 1 aromatic carbocycles.